The van der Waals surface area contributed by atoms with Gasteiger partial charge in [0.2, 0.25) is 0 Å². The van der Waals surface area contributed by atoms with Crippen LogP contribution in [0.25, 0.3) is 10.2 Å². The second-order valence-corrected chi connectivity index (χ2v) is 8.02. The van der Waals surface area contributed by atoms with Gasteiger partial charge in [0, 0.05) is 29.2 Å². The maximum Gasteiger partial charge on any atom is 0.260 e. The highest BCUT2D eigenvalue weighted by Gasteiger charge is 2.21. The van der Waals surface area contributed by atoms with E-state index in [-0.39, 0.29) is 5.91 Å². The Morgan fingerprint density at radius 3 is 2.54 bits per heavy atom. The van der Waals surface area contributed by atoms with Crippen LogP contribution in [0.15, 0.2) is 46.9 Å². The highest BCUT2D eigenvalue weighted by molar-refractivity contribution is 9.10. The topological polar surface area (TPSA) is 45.7 Å². The molecule has 0 unspecified atom stereocenters. The van der Waals surface area contributed by atoms with E-state index < -0.39 is 0 Å². The van der Waals surface area contributed by atoms with E-state index >= 15 is 0 Å². The molecule has 1 aromatic heterocycles. The van der Waals surface area contributed by atoms with Gasteiger partial charge in [0.05, 0.1) is 17.3 Å². The van der Waals surface area contributed by atoms with Crippen LogP contribution in [0.5, 0.6) is 5.75 Å². The van der Waals surface area contributed by atoms with E-state index in [1.807, 2.05) is 56.6 Å². The number of hydrogen-bond donors (Lipinski definition) is 0. The van der Waals surface area contributed by atoms with Gasteiger partial charge in [-0.25, -0.2) is 4.98 Å². The maximum atomic E-state index is 13.1. The Bertz CT molecular complexity index is 909. The van der Waals surface area contributed by atoms with Crippen LogP contribution >= 0.6 is 27.3 Å². The number of amides is 1. The third-order valence-electron chi connectivity index (χ3n) is 3.92. The molecule has 136 valence electrons. The monoisotopic (exact) mass is 433 g/mol. The summed E-state index contributed by atoms with van der Waals surface area (Å²) in [5.41, 5.74) is 1.48. The van der Waals surface area contributed by atoms with Crippen LogP contribution in [0.4, 0.5) is 5.13 Å². The third-order valence-corrected chi connectivity index (χ3v) is 5.51. The Labute approximate surface area is 165 Å². The number of likely N-dealkylation sites (N-methyl/N-ethyl adjacent to an activating group) is 1. The predicted molar refractivity (Wildman–Crippen MR) is 111 cm³/mol. The summed E-state index contributed by atoms with van der Waals surface area (Å²) in [5.74, 6) is 0.707. The highest BCUT2D eigenvalue weighted by atomic mass is 79.9. The van der Waals surface area contributed by atoms with Crippen LogP contribution in [-0.2, 0) is 0 Å². The fraction of sp³-hybridized carbons (Fsp3) is 0.263. The largest absolute Gasteiger partial charge is 0.497 e. The second-order valence-electron chi connectivity index (χ2n) is 6.10. The Hall–Kier alpha value is -1.96. The minimum atomic E-state index is -0.0506. The van der Waals surface area contributed by atoms with Crippen molar-refractivity contribution in [2.45, 2.75) is 0 Å². The Kier molecular flexibility index (Phi) is 5.90. The molecule has 0 radical (unpaired) electrons. The highest BCUT2D eigenvalue weighted by Crippen LogP contribution is 2.32. The molecule has 3 aromatic rings. The Morgan fingerprint density at radius 1 is 1.15 bits per heavy atom. The van der Waals surface area contributed by atoms with Gasteiger partial charge >= 0.3 is 0 Å². The summed E-state index contributed by atoms with van der Waals surface area (Å²) in [5, 5.41) is 0.697. The number of halogens is 1. The van der Waals surface area contributed by atoms with E-state index in [4.69, 9.17) is 4.74 Å². The zero-order valence-electron chi connectivity index (χ0n) is 14.9. The number of hydrogen-bond acceptors (Lipinski definition) is 5. The summed E-state index contributed by atoms with van der Waals surface area (Å²) < 4.78 is 7.24. The average Bonchev–Trinajstić information content (AvgIpc) is 3.04. The summed E-state index contributed by atoms with van der Waals surface area (Å²) >= 11 is 4.92. The first-order valence-corrected chi connectivity index (χ1v) is 9.75. The molecule has 2 aromatic carbocycles. The molecule has 0 N–H and O–H groups in total. The van der Waals surface area contributed by atoms with Crippen molar-refractivity contribution in [3.8, 4) is 5.75 Å². The van der Waals surface area contributed by atoms with Crippen molar-refractivity contribution < 1.29 is 9.53 Å². The molecular weight excluding hydrogens is 414 g/mol. The molecule has 0 fully saturated rings. The van der Waals surface area contributed by atoms with Crippen molar-refractivity contribution in [1.29, 1.82) is 0 Å². The lowest BCUT2D eigenvalue weighted by molar-refractivity contribution is 0.0985. The number of ether oxygens (including phenoxy) is 1. The van der Waals surface area contributed by atoms with E-state index in [1.54, 1.807) is 12.0 Å². The molecule has 0 atom stereocenters. The lowest BCUT2D eigenvalue weighted by Crippen LogP contribution is -2.36. The zero-order valence-corrected chi connectivity index (χ0v) is 17.3. The molecule has 5 nitrogen and oxygen atoms in total. The fourth-order valence-corrected chi connectivity index (χ4v) is 3.70. The average molecular weight is 434 g/mol. The molecule has 0 saturated carbocycles. The number of rotatable bonds is 6. The van der Waals surface area contributed by atoms with Gasteiger partial charge in [-0.15, -0.1) is 0 Å². The van der Waals surface area contributed by atoms with Crippen LogP contribution in [0.2, 0.25) is 0 Å². The number of benzene rings is 2. The van der Waals surface area contributed by atoms with Gasteiger partial charge < -0.3 is 9.64 Å². The molecule has 1 heterocycles. The lowest BCUT2D eigenvalue weighted by Gasteiger charge is -2.22. The standard InChI is InChI=1S/C19H20BrN3O2S/c1-22(2)10-11-23(18(24)13-4-6-14(20)7-5-13)19-21-16-12-15(25-3)8-9-17(16)26-19/h4-9,12H,10-11H2,1-3H3. The molecule has 0 spiro atoms. The number of fused-ring (bicyclic) bond motifs is 1. The van der Waals surface area contributed by atoms with Crippen LogP contribution in [0, 0.1) is 0 Å². The van der Waals surface area contributed by atoms with Crippen LogP contribution < -0.4 is 9.64 Å². The first-order chi connectivity index (χ1) is 12.5. The number of thiazole rings is 1. The Balaban J connectivity index is 1.97. The number of carbonyl (C=O) groups excluding carboxylic acids is 1. The molecule has 0 aliphatic rings. The van der Waals surface area contributed by atoms with Crippen LogP contribution in [0.1, 0.15) is 10.4 Å². The van der Waals surface area contributed by atoms with E-state index in [0.29, 0.717) is 17.2 Å². The van der Waals surface area contributed by atoms with E-state index in [9.17, 15) is 4.79 Å². The molecule has 1 amide bonds. The number of methoxy groups -OCH3 is 1. The van der Waals surface area contributed by atoms with Gasteiger partial charge in [-0.2, -0.15) is 0 Å². The van der Waals surface area contributed by atoms with Crippen LogP contribution in [-0.4, -0.2) is 50.1 Å². The quantitative estimate of drug-likeness (QED) is 0.581. The van der Waals surface area contributed by atoms with Gasteiger partial charge in [-0.05, 0) is 50.5 Å². The molecule has 7 heteroatoms. The number of anilines is 1. The van der Waals surface area contributed by atoms with E-state index in [0.717, 1.165) is 27.0 Å². The van der Waals surface area contributed by atoms with Crippen molar-refractivity contribution in [3.63, 3.8) is 0 Å². The molecular formula is C19H20BrN3O2S. The van der Waals surface area contributed by atoms with Gasteiger partial charge in [0.25, 0.3) is 5.91 Å². The summed E-state index contributed by atoms with van der Waals surface area (Å²) in [6.45, 7) is 1.32. The van der Waals surface area contributed by atoms with Crippen LogP contribution in [0.3, 0.4) is 0 Å². The first kappa shape index (κ1) is 18.8. The van der Waals surface area contributed by atoms with Gasteiger partial charge in [-0.1, -0.05) is 27.3 Å². The van der Waals surface area contributed by atoms with Gasteiger partial charge in [0.1, 0.15) is 5.75 Å². The molecule has 0 aliphatic carbocycles. The number of nitrogens with zero attached hydrogens (tertiary/aromatic N) is 3. The third kappa shape index (κ3) is 4.23. The van der Waals surface area contributed by atoms with Crippen molar-refractivity contribution in [3.05, 3.63) is 52.5 Å². The summed E-state index contributed by atoms with van der Waals surface area (Å²) in [7, 11) is 5.62. The van der Waals surface area contributed by atoms with Crippen molar-refractivity contribution in [1.82, 2.24) is 9.88 Å². The summed E-state index contributed by atoms with van der Waals surface area (Å²) in [4.78, 5) is 21.6. The van der Waals surface area contributed by atoms with E-state index in [2.05, 4.69) is 25.8 Å². The molecule has 0 bridgehead atoms. The molecule has 0 saturated heterocycles. The fourth-order valence-electron chi connectivity index (χ4n) is 2.47. The van der Waals surface area contributed by atoms with Gasteiger partial charge in [-0.3, -0.25) is 9.69 Å². The lowest BCUT2D eigenvalue weighted by atomic mass is 10.2. The summed E-state index contributed by atoms with van der Waals surface area (Å²) in [6, 6.07) is 13.2. The van der Waals surface area contributed by atoms with Gasteiger partial charge in [0.15, 0.2) is 5.13 Å². The predicted octanol–water partition coefficient (Wildman–Crippen LogP) is 4.28. The molecule has 0 aliphatic heterocycles. The zero-order chi connectivity index (χ0) is 18.7. The van der Waals surface area contributed by atoms with Crippen molar-refractivity contribution in [2.75, 3.05) is 39.2 Å². The second kappa shape index (κ2) is 8.16. The maximum absolute atomic E-state index is 13.1. The Morgan fingerprint density at radius 2 is 1.88 bits per heavy atom. The van der Waals surface area contributed by atoms with Crippen molar-refractivity contribution >= 4 is 48.5 Å². The van der Waals surface area contributed by atoms with E-state index in [1.165, 1.54) is 11.3 Å². The minimum absolute atomic E-state index is 0.0506. The number of carbonyl (C=O) groups is 1. The minimum Gasteiger partial charge on any atom is -0.497 e. The first-order valence-electron chi connectivity index (χ1n) is 8.14. The van der Waals surface area contributed by atoms with Crippen molar-refractivity contribution in [2.24, 2.45) is 0 Å². The normalized spacial score (nSPS) is 11.1. The molecule has 26 heavy (non-hydrogen) atoms. The molecule has 3 rings (SSSR count). The summed E-state index contributed by atoms with van der Waals surface area (Å²) in [6.07, 6.45) is 0. The smallest absolute Gasteiger partial charge is 0.260 e. The number of aromatic nitrogens is 1. The SMILES string of the molecule is COc1ccc2sc(N(CCN(C)C)C(=O)c3ccc(Br)cc3)nc2c1.